The first kappa shape index (κ1) is 11.0. The van der Waals surface area contributed by atoms with Crippen molar-refractivity contribution in [2.75, 3.05) is 0 Å². The molecule has 0 spiro atoms. The lowest BCUT2D eigenvalue weighted by Crippen LogP contribution is -1.99. The number of hydrogen-bond acceptors (Lipinski definition) is 2. The Morgan fingerprint density at radius 2 is 2.14 bits per heavy atom. The summed E-state index contributed by atoms with van der Waals surface area (Å²) in [5, 5.41) is 8.73. The van der Waals surface area contributed by atoms with Crippen LogP contribution in [0.4, 0.5) is 8.78 Å². The number of alkyl halides is 2. The maximum Gasteiger partial charge on any atom is 0.335 e. The monoisotopic (exact) mass is 218 g/mol. The van der Waals surface area contributed by atoms with Crippen LogP contribution in [-0.2, 0) is 0 Å². The van der Waals surface area contributed by atoms with Gasteiger partial charge in [-0.1, -0.05) is 17.8 Å². The fraction of sp³-hybridized carbons (Fsp3) is 0.222. The van der Waals surface area contributed by atoms with E-state index in [4.69, 9.17) is 5.11 Å². The van der Waals surface area contributed by atoms with Crippen molar-refractivity contribution < 1.29 is 18.7 Å². The lowest BCUT2D eigenvalue weighted by molar-refractivity contribution is 0.0696. The molecule has 0 saturated carbocycles. The van der Waals surface area contributed by atoms with Gasteiger partial charge in [-0.25, -0.2) is 4.79 Å². The van der Waals surface area contributed by atoms with E-state index in [0.29, 0.717) is 17.3 Å². The molecule has 0 aliphatic rings. The fourth-order valence-electron chi connectivity index (χ4n) is 1.01. The van der Waals surface area contributed by atoms with E-state index in [0.717, 1.165) is 0 Å². The average Bonchev–Trinajstić information content (AvgIpc) is 2.07. The second-order valence-corrected chi connectivity index (χ2v) is 3.72. The third kappa shape index (κ3) is 2.70. The molecule has 1 N–H and O–H groups in total. The minimum atomic E-state index is -2.53. The van der Waals surface area contributed by atoms with Crippen LogP contribution in [0.1, 0.15) is 15.9 Å². The number of benzene rings is 1. The summed E-state index contributed by atoms with van der Waals surface area (Å²) >= 11 is 0.342. The number of hydrogen-bond donors (Lipinski definition) is 1. The molecule has 0 unspecified atom stereocenters. The van der Waals surface area contributed by atoms with Crippen LogP contribution in [0.5, 0.6) is 0 Å². The van der Waals surface area contributed by atoms with E-state index in [2.05, 4.69) is 0 Å². The fourth-order valence-corrected chi connectivity index (χ4v) is 1.55. The normalized spacial score (nSPS) is 10.6. The van der Waals surface area contributed by atoms with E-state index in [1.54, 1.807) is 6.92 Å². The van der Waals surface area contributed by atoms with Gasteiger partial charge < -0.3 is 5.11 Å². The van der Waals surface area contributed by atoms with Gasteiger partial charge in [-0.3, -0.25) is 0 Å². The Morgan fingerprint density at radius 1 is 1.50 bits per heavy atom. The molecule has 0 saturated heterocycles. The number of carboxylic acids is 1. The van der Waals surface area contributed by atoms with Gasteiger partial charge in [0.05, 0.1) is 5.56 Å². The van der Waals surface area contributed by atoms with E-state index in [1.807, 2.05) is 0 Å². The number of carbonyl (C=O) groups is 1. The Hall–Kier alpha value is -1.10. The zero-order valence-corrected chi connectivity index (χ0v) is 8.15. The third-order valence-electron chi connectivity index (χ3n) is 1.66. The van der Waals surface area contributed by atoms with Crippen molar-refractivity contribution in [1.29, 1.82) is 0 Å². The molecule has 1 aromatic rings. The summed E-state index contributed by atoms with van der Waals surface area (Å²) in [4.78, 5) is 10.9. The van der Waals surface area contributed by atoms with Crippen LogP contribution in [0.15, 0.2) is 23.1 Å². The van der Waals surface area contributed by atoms with Crippen molar-refractivity contribution >= 4 is 17.7 Å². The molecule has 0 fully saturated rings. The minimum absolute atomic E-state index is 0.0654. The molecule has 0 aromatic heterocycles. The standard InChI is InChI=1S/C9H8F2O2S/c1-5-2-3-6(14-9(10)11)4-7(5)8(12)13/h2-4,9H,1H3,(H,12,13). The maximum atomic E-state index is 12.0. The van der Waals surface area contributed by atoms with Gasteiger partial charge in [0.1, 0.15) is 0 Å². The van der Waals surface area contributed by atoms with Crippen molar-refractivity contribution in [1.82, 2.24) is 0 Å². The van der Waals surface area contributed by atoms with E-state index in [-0.39, 0.29) is 10.5 Å². The number of aromatic carboxylic acids is 1. The number of aryl methyl sites for hydroxylation is 1. The van der Waals surface area contributed by atoms with Gasteiger partial charge in [-0.05, 0) is 24.6 Å². The topological polar surface area (TPSA) is 37.3 Å². The second kappa shape index (κ2) is 4.41. The average molecular weight is 218 g/mol. The van der Waals surface area contributed by atoms with Crippen molar-refractivity contribution in [3.05, 3.63) is 29.3 Å². The lowest BCUT2D eigenvalue weighted by atomic mass is 10.1. The quantitative estimate of drug-likeness (QED) is 0.792. The van der Waals surface area contributed by atoms with E-state index in [1.165, 1.54) is 18.2 Å². The summed E-state index contributed by atoms with van der Waals surface area (Å²) in [5.41, 5.74) is 0.631. The zero-order valence-electron chi connectivity index (χ0n) is 7.33. The molecule has 0 aliphatic heterocycles. The van der Waals surface area contributed by atoms with Crippen LogP contribution < -0.4 is 0 Å². The first-order valence-corrected chi connectivity index (χ1v) is 4.67. The lowest BCUT2D eigenvalue weighted by Gasteiger charge is -2.04. The van der Waals surface area contributed by atoms with Gasteiger partial charge in [0.2, 0.25) is 0 Å². The molecular formula is C9H8F2O2S. The first-order chi connectivity index (χ1) is 6.50. The highest BCUT2D eigenvalue weighted by atomic mass is 32.2. The highest BCUT2D eigenvalue weighted by Crippen LogP contribution is 2.26. The Kier molecular flexibility index (Phi) is 3.46. The molecule has 76 valence electrons. The Balaban J connectivity index is 3.00. The molecule has 2 nitrogen and oxygen atoms in total. The van der Waals surface area contributed by atoms with E-state index < -0.39 is 11.7 Å². The molecule has 1 aromatic carbocycles. The molecule has 14 heavy (non-hydrogen) atoms. The minimum Gasteiger partial charge on any atom is -0.478 e. The van der Waals surface area contributed by atoms with Gasteiger partial charge >= 0.3 is 5.97 Å². The van der Waals surface area contributed by atoms with Crippen molar-refractivity contribution in [3.63, 3.8) is 0 Å². The van der Waals surface area contributed by atoms with Gasteiger partial charge in [0.15, 0.2) is 0 Å². The van der Waals surface area contributed by atoms with Crippen LogP contribution in [-0.4, -0.2) is 16.8 Å². The molecule has 0 atom stereocenters. The van der Waals surface area contributed by atoms with Crippen LogP contribution >= 0.6 is 11.8 Å². The van der Waals surface area contributed by atoms with Crippen LogP contribution in [0.2, 0.25) is 0 Å². The molecule has 0 bridgehead atoms. The maximum absolute atomic E-state index is 12.0. The number of thioether (sulfide) groups is 1. The predicted octanol–water partition coefficient (Wildman–Crippen LogP) is 3.01. The first-order valence-electron chi connectivity index (χ1n) is 3.79. The van der Waals surface area contributed by atoms with Crippen LogP contribution in [0.3, 0.4) is 0 Å². The molecule has 5 heteroatoms. The molecule has 0 amide bonds. The molecule has 0 radical (unpaired) electrons. The summed E-state index contributed by atoms with van der Waals surface area (Å²) in [7, 11) is 0. The smallest absolute Gasteiger partial charge is 0.335 e. The molecule has 0 heterocycles. The van der Waals surface area contributed by atoms with Gasteiger partial charge in [0.25, 0.3) is 5.76 Å². The van der Waals surface area contributed by atoms with E-state index >= 15 is 0 Å². The highest BCUT2D eigenvalue weighted by Gasteiger charge is 2.10. The zero-order chi connectivity index (χ0) is 10.7. The SMILES string of the molecule is Cc1ccc(SC(F)F)cc1C(=O)O. The van der Waals surface area contributed by atoms with Crippen molar-refractivity contribution in [2.45, 2.75) is 17.6 Å². The highest BCUT2D eigenvalue weighted by molar-refractivity contribution is 7.99. The number of halogens is 2. The van der Waals surface area contributed by atoms with Crippen LogP contribution in [0, 0.1) is 6.92 Å². The largest absolute Gasteiger partial charge is 0.478 e. The molecule has 1 rings (SSSR count). The van der Waals surface area contributed by atoms with Gasteiger partial charge in [0, 0.05) is 4.90 Å². The Labute approximate surface area is 83.9 Å². The predicted molar refractivity (Wildman–Crippen MR) is 50.0 cm³/mol. The Morgan fingerprint density at radius 3 is 2.64 bits per heavy atom. The van der Waals surface area contributed by atoms with Crippen molar-refractivity contribution in [3.8, 4) is 0 Å². The summed E-state index contributed by atoms with van der Waals surface area (Å²) < 4.78 is 23.9. The summed E-state index contributed by atoms with van der Waals surface area (Å²) in [6.45, 7) is 1.63. The summed E-state index contributed by atoms with van der Waals surface area (Å²) in [6, 6.07) is 4.27. The third-order valence-corrected chi connectivity index (χ3v) is 2.37. The number of rotatable bonds is 3. The number of carboxylic acid groups (broad SMARTS) is 1. The Bertz CT molecular complexity index is 353. The van der Waals surface area contributed by atoms with Gasteiger partial charge in [-0.2, -0.15) is 8.78 Å². The summed E-state index contributed by atoms with van der Waals surface area (Å²) in [5.74, 6) is -3.63. The molecule has 0 aliphatic carbocycles. The summed E-state index contributed by atoms with van der Waals surface area (Å²) in [6.07, 6.45) is 0. The second-order valence-electron chi connectivity index (χ2n) is 2.66. The van der Waals surface area contributed by atoms with Crippen molar-refractivity contribution in [2.24, 2.45) is 0 Å². The van der Waals surface area contributed by atoms with Crippen LogP contribution in [0.25, 0.3) is 0 Å². The van der Waals surface area contributed by atoms with E-state index in [9.17, 15) is 13.6 Å². The molecular weight excluding hydrogens is 210 g/mol. The van der Waals surface area contributed by atoms with Gasteiger partial charge in [-0.15, -0.1) is 0 Å².